The van der Waals surface area contributed by atoms with Gasteiger partial charge < -0.3 is 20.7 Å². The highest BCUT2D eigenvalue weighted by atomic mass is 16.4. The molecule has 0 aromatic carbocycles. The number of urea groups is 1. The first-order valence-electron chi connectivity index (χ1n) is 7.43. The molecule has 2 amide bonds. The summed E-state index contributed by atoms with van der Waals surface area (Å²) in [4.78, 5) is 18.5. The Morgan fingerprint density at radius 2 is 1.50 bits per heavy atom. The lowest BCUT2D eigenvalue weighted by Crippen LogP contribution is -2.54. The van der Waals surface area contributed by atoms with Crippen LogP contribution in [0.2, 0.25) is 0 Å². The largest absolute Gasteiger partial charge is 0.409 e. The van der Waals surface area contributed by atoms with Crippen molar-refractivity contribution in [2.75, 3.05) is 45.8 Å². The van der Waals surface area contributed by atoms with Gasteiger partial charge in [0.1, 0.15) is 0 Å². The van der Waals surface area contributed by atoms with Crippen LogP contribution in [0.25, 0.3) is 0 Å². The third-order valence-electron chi connectivity index (χ3n) is 4.03. The SMILES string of the molecule is NC(CN1CCN(C(=O)N2CCCCCC2)CC1)=NO. The van der Waals surface area contributed by atoms with Gasteiger partial charge in [-0.1, -0.05) is 18.0 Å². The zero-order valence-electron chi connectivity index (χ0n) is 12.0. The molecule has 2 saturated heterocycles. The zero-order valence-corrected chi connectivity index (χ0v) is 12.0. The number of amides is 2. The number of nitrogens with two attached hydrogens (primary N) is 1. The Morgan fingerprint density at radius 1 is 0.950 bits per heavy atom. The quantitative estimate of drug-likeness (QED) is 0.331. The molecule has 7 nitrogen and oxygen atoms in total. The number of hydrogen-bond donors (Lipinski definition) is 2. The van der Waals surface area contributed by atoms with Gasteiger partial charge in [-0.25, -0.2) is 4.79 Å². The van der Waals surface area contributed by atoms with Gasteiger partial charge in [-0.05, 0) is 12.8 Å². The third-order valence-corrected chi connectivity index (χ3v) is 4.03. The van der Waals surface area contributed by atoms with Crippen molar-refractivity contribution >= 4 is 11.9 Å². The Kier molecular flexibility index (Phi) is 5.46. The second-order valence-corrected chi connectivity index (χ2v) is 5.54. The molecule has 0 radical (unpaired) electrons. The molecule has 20 heavy (non-hydrogen) atoms. The normalized spacial score (nSPS) is 22.7. The van der Waals surface area contributed by atoms with Crippen LogP contribution in [-0.4, -0.2) is 77.6 Å². The fraction of sp³-hybridized carbons (Fsp3) is 0.846. The van der Waals surface area contributed by atoms with Crippen molar-refractivity contribution in [1.82, 2.24) is 14.7 Å². The highest BCUT2D eigenvalue weighted by Crippen LogP contribution is 2.13. The molecule has 0 aliphatic carbocycles. The number of likely N-dealkylation sites (tertiary alicyclic amines) is 1. The van der Waals surface area contributed by atoms with Crippen molar-refractivity contribution in [2.45, 2.75) is 25.7 Å². The topological polar surface area (TPSA) is 85.4 Å². The van der Waals surface area contributed by atoms with E-state index in [-0.39, 0.29) is 11.9 Å². The zero-order chi connectivity index (χ0) is 14.4. The second-order valence-electron chi connectivity index (χ2n) is 5.54. The molecule has 0 saturated carbocycles. The minimum atomic E-state index is 0.176. The van der Waals surface area contributed by atoms with Gasteiger partial charge in [0.2, 0.25) is 0 Å². The molecule has 2 heterocycles. The first kappa shape index (κ1) is 14.9. The Hall–Kier alpha value is -1.50. The maximum absolute atomic E-state index is 12.4. The van der Waals surface area contributed by atoms with E-state index >= 15 is 0 Å². The minimum Gasteiger partial charge on any atom is -0.409 e. The molecular weight excluding hydrogens is 258 g/mol. The second kappa shape index (κ2) is 7.33. The monoisotopic (exact) mass is 283 g/mol. The summed E-state index contributed by atoms with van der Waals surface area (Å²) >= 11 is 0. The van der Waals surface area contributed by atoms with Crippen molar-refractivity contribution in [2.24, 2.45) is 10.9 Å². The predicted molar refractivity (Wildman–Crippen MR) is 76.9 cm³/mol. The lowest BCUT2D eigenvalue weighted by atomic mass is 10.2. The molecule has 0 bridgehead atoms. The molecule has 0 unspecified atom stereocenters. The van der Waals surface area contributed by atoms with Crippen LogP contribution in [0.5, 0.6) is 0 Å². The number of carbonyl (C=O) groups is 1. The van der Waals surface area contributed by atoms with E-state index in [9.17, 15) is 4.79 Å². The Labute approximate surface area is 120 Å². The molecule has 7 heteroatoms. The van der Waals surface area contributed by atoms with Gasteiger partial charge in [-0.15, -0.1) is 0 Å². The van der Waals surface area contributed by atoms with Crippen LogP contribution in [0.1, 0.15) is 25.7 Å². The number of hydrogen-bond acceptors (Lipinski definition) is 4. The van der Waals surface area contributed by atoms with E-state index in [4.69, 9.17) is 10.9 Å². The number of carbonyl (C=O) groups excluding carboxylic acids is 1. The molecule has 0 aromatic heterocycles. The molecule has 0 atom stereocenters. The number of rotatable bonds is 2. The Morgan fingerprint density at radius 3 is 2.05 bits per heavy atom. The first-order chi connectivity index (χ1) is 9.70. The highest BCUT2D eigenvalue weighted by Gasteiger charge is 2.25. The van der Waals surface area contributed by atoms with Gasteiger partial charge in [0.25, 0.3) is 0 Å². The molecule has 2 rings (SSSR count). The number of oxime groups is 1. The van der Waals surface area contributed by atoms with E-state index < -0.39 is 0 Å². The summed E-state index contributed by atoms with van der Waals surface area (Å²) in [7, 11) is 0. The Bertz CT molecular complexity index is 345. The third kappa shape index (κ3) is 4.00. The molecule has 114 valence electrons. The molecule has 2 fully saturated rings. The average molecular weight is 283 g/mol. The summed E-state index contributed by atoms with van der Waals surface area (Å²) in [5.41, 5.74) is 5.50. The number of nitrogens with zero attached hydrogens (tertiary/aromatic N) is 4. The van der Waals surface area contributed by atoms with Crippen molar-refractivity contribution < 1.29 is 10.0 Å². The maximum atomic E-state index is 12.4. The molecule has 0 spiro atoms. The van der Waals surface area contributed by atoms with Crippen LogP contribution in [0.15, 0.2) is 5.16 Å². The van der Waals surface area contributed by atoms with E-state index in [1.807, 2.05) is 9.80 Å². The van der Waals surface area contributed by atoms with Crippen LogP contribution < -0.4 is 5.73 Å². The van der Waals surface area contributed by atoms with E-state index in [1.165, 1.54) is 12.8 Å². The van der Waals surface area contributed by atoms with Gasteiger partial charge in [0.05, 0.1) is 6.54 Å². The summed E-state index contributed by atoms with van der Waals surface area (Å²) in [5.74, 6) is 0.220. The fourth-order valence-corrected chi connectivity index (χ4v) is 2.82. The summed E-state index contributed by atoms with van der Waals surface area (Å²) < 4.78 is 0. The fourth-order valence-electron chi connectivity index (χ4n) is 2.82. The van der Waals surface area contributed by atoms with E-state index in [2.05, 4.69) is 10.1 Å². The first-order valence-corrected chi connectivity index (χ1v) is 7.43. The van der Waals surface area contributed by atoms with Gasteiger partial charge in [-0.2, -0.15) is 0 Å². The van der Waals surface area contributed by atoms with Crippen LogP contribution in [0.3, 0.4) is 0 Å². The Balaban J connectivity index is 1.79. The smallest absolute Gasteiger partial charge is 0.320 e. The number of amidine groups is 1. The van der Waals surface area contributed by atoms with E-state index in [1.54, 1.807) is 0 Å². The molecule has 2 aliphatic rings. The van der Waals surface area contributed by atoms with Gasteiger partial charge in [-0.3, -0.25) is 4.90 Å². The standard InChI is InChI=1S/C13H25N5O2/c14-12(15-20)11-16-7-9-18(10-8-16)13(19)17-5-3-1-2-4-6-17/h20H,1-11H2,(H2,14,15). The lowest BCUT2D eigenvalue weighted by Gasteiger charge is -2.37. The molecular formula is C13H25N5O2. The summed E-state index contributed by atoms with van der Waals surface area (Å²) in [6, 6.07) is 0.176. The molecule has 2 aliphatic heterocycles. The average Bonchev–Trinajstić information content (AvgIpc) is 2.76. The van der Waals surface area contributed by atoms with Crippen LogP contribution in [0.4, 0.5) is 4.79 Å². The highest BCUT2D eigenvalue weighted by molar-refractivity contribution is 5.81. The lowest BCUT2D eigenvalue weighted by molar-refractivity contribution is 0.119. The molecule has 0 aromatic rings. The van der Waals surface area contributed by atoms with E-state index in [0.29, 0.717) is 19.6 Å². The van der Waals surface area contributed by atoms with Gasteiger partial charge >= 0.3 is 6.03 Å². The van der Waals surface area contributed by atoms with E-state index in [0.717, 1.165) is 39.0 Å². The van der Waals surface area contributed by atoms with Crippen LogP contribution >= 0.6 is 0 Å². The molecule has 3 N–H and O–H groups in total. The van der Waals surface area contributed by atoms with Crippen LogP contribution in [-0.2, 0) is 0 Å². The van der Waals surface area contributed by atoms with Crippen molar-refractivity contribution in [3.63, 3.8) is 0 Å². The van der Waals surface area contributed by atoms with Gasteiger partial charge in [0.15, 0.2) is 5.84 Å². The van der Waals surface area contributed by atoms with Crippen molar-refractivity contribution in [3.05, 3.63) is 0 Å². The summed E-state index contributed by atoms with van der Waals surface area (Å²) in [6.07, 6.45) is 4.71. The summed E-state index contributed by atoms with van der Waals surface area (Å²) in [6.45, 7) is 5.22. The minimum absolute atomic E-state index is 0.176. The maximum Gasteiger partial charge on any atom is 0.320 e. The van der Waals surface area contributed by atoms with Gasteiger partial charge in [0, 0.05) is 39.3 Å². The van der Waals surface area contributed by atoms with Crippen molar-refractivity contribution in [3.8, 4) is 0 Å². The van der Waals surface area contributed by atoms with Crippen LogP contribution in [0, 0.1) is 0 Å². The number of piperazine rings is 1. The summed E-state index contributed by atoms with van der Waals surface area (Å²) in [5, 5.41) is 11.6. The van der Waals surface area contributed by atoms with Crippen molar-refractivity contribution in [1.29, 1.82) is 0 Å². The predicted octanol–water partition coefficient (Wildman–Crippen LogP) is 0.346.